The molecule has 1 amide bonds. The van der Waals surface area contributed by atoms with Gasteiger partial charge >= 0.3 is 11.9 Å². The molecule has 0 bridgehead atoms. The molecular formula is C31H29N3O6S. The van der Waals surface area contributed by atoms with Gasteiger partial charge in [0.1, 0.15) is 28.5 Å². The lowest BCUT2D eigenvalue weighted by Gasteiger charge is -2.39. The zero-order chi connectivity index (χ0) is 29.3. The molecule has 0 unspecified atom stereocenters. The Morgan fingerprint density at radius 1 is 1.00 bits per heavy atom. The maximum absolute atomic E-state index is 13.2. The molecule has 9 nitrogen and oxygen atoms in total. The minimum absolute atomic E-state index is 0.0874. The number of aromatic nitrogens is 1. The highest BCUT2D eigenvalue weighted by molar-refractivity contribution is 7.13. The molecule has 0 radical (unpaired) electrons. The number of nitrogens with zero attached hydrogens (tertiary/aromatic N) is 2. The van der Waals surface area contributed by atoms with Crippen molar-refractivity contribution in [2.24, 2.45) is 0 Å². The second kappa shape index (κ2) is 11.1. The van der Waals surface area contributed by atoms with Crippen LogP contribution in [0.3, 0.4) is 0 Å². The van der Waals surface area contributed by atoms with Gasteiger partial charge in [-0.2, -0.15) is 0 Å². The van der Waals surface area contributed by atoms with Gasteiger partial charge in [-0.15, -0.1) is 11.3 Å². The Balaban J connectivity index is 1.55. The summed E-state index contributed by atoms with van der Waals surface area (Å²) in [5.74, 6) is -0.378. The number of methoxy groups -OCH3 is 1. The van der Waals surface area contributed by atoms with E-state index >= 15 is 0 Å². The van der Waals surface area contributed by atoms with Crippen LogP contribution in [-0.4, -0.2) is 42.5 Å². The average Bonchev–Trinajstić information content (AvgIpc) is 3.41. The molecule has 10 heteroatoms. The minimum atomic E-state index is -0.816. The summed E-state index contributed by atoms with van der Waals surface area (Å²) in [5.41, 5.74) is 2.89. The van der Waals surface area contributed by atoms with E-state index in [-0.39, 0.29) is 12.5 Å². The lowest BCUT2D eigenvalue weighted by molar-refractivity contribution is -0.121. The monoisotopic (exact) mass is 571 g/mol. The molecule has 0 saturated carbocycles. The number of ether oxygens (including phenoxy) is 3. The SMILES string of the molecule is COc1cc(OC(=O)c2ccncc2)ccc1-c1ccc2c(c1COC(=O)c1ccc(C)s1)N(C)C(=O)C(C)(C)N2. The van der Waals surface area contributed by atoms with Gasteiger partial charge in [-0.3, -0.25) is 9.78 Å². The number of rotatable bonds is 7. The molecule has 1 N–H and O–H groups in total. The lowest BCUT2D eigenvalue weighted by atomic mass is 9.91. The van der Waals surface area contributed by atoms with Crippen LogP contribution in [0.1, 0.15) is 44.3 Å². The Morgan fingerprint density at radius 2 is 1.73 bits per heavy atom. The van der Waals surface area contributed by atoms with Crippen molar-refractivity contribution in [2.75, 3.05) is 24.4 Å². The van der Waals surface area contributed by atoms with Gasteiger partial charge in [-0.25, -0.2) is 9.59 Å². The number of thiophene rings is 1. The lowest BCUT2D eigenvalue weighted by Crippen LogP contribution is -2.52. The highest BCUT2D eigenvalue weighted by Crippen LogP contribution is 2.45. The number of carbonyl (C=O) groups excluding carboxylic acids is 3. The first-order valence-corrected chi connectivity index (χ1v) is 13.7. The van der Waals surface area contributed by atoms with Crippen molar-refractivity contribution in [1.29, 1.82) is 0 Å². The number of aryl methyl sites for hydroxylation is 1. The molecule has 0 fully saturated rings. The molecule has 0 saturated heterocycles. The van der Waals surface area contributed by atoms with Crippen molar-refractivity contribution in [3.63, 3.8) is 0 Å². The van der Waals surface area contributed by atoms with E-state index < -0.39 is 17.5 Å². The number of hydrogen-bond donors (Lipinski definition) is 1. The van der Waals surface area contributed by atoms with Crippen molar-refractivity contribution in [2.45, 2.75) is 32.9 Å². The van der Waals surface area contributed by atoms with E-state index in [1.54, 1.807) is 48.3 Å². The van der Waals surface area contributed by atoms with Crippen LogP contribution in [0, 0.1) is 6.92 Å². The van der Waals surface area contributed by atoms with E-state index in [1.165, 1.54) is 30.8 Å². The van der Waals surface area contributed by atoms with Crippen LogP contribution in [0.5, 0.6) is 11.5 Å². The first-order chi connectivity index (χ1) is 19.6. The summed E-state index contributed by atoms with van der Waals surface area (Å²) in [6.07, 6.45) is 3.03. The van der Waals surface area contributed by atoms with Crippen LogP contribution in [0.2, 0.25) is 0 Å². The highest BCUT2D eigenvalue weighted by atomic mass is 32.1. The number of pyridine rings is 1. The topological polar surface area (TPSA) is 107 Å². The normalized spacial score (nSPS) is 13.7. The number of amides is 1. The molecule has 5 rings (SSSR count). The van der Waals surface area contributed by atoms with Gasteiger partial charge in [-0.05, 0) is 68.8 Å². The smallest absolute Gasteiger partial charge is 0.348 e. The summed E-state index contributed by atoms with van der Waals surface area (Å²) in [7, 11) is 3.23. The number of hydrogen-bond acceptors (Lipinski definition) is 9. The zero-order valence-corrected chi connectivity index (χ0v) is 24.1. The first kappa shape index (κ1) is 27.9. The molecule has 1 aliphatic rings. The van der Waals surface area contributed by atoms with E-state index in [0.717, 1.165) is 10.6 Å². The second-order valence-electron chi connectivity index (χ2n) is 10.1. The third-order valence-electron chi connectivity index (χ3n) is 6.78. The molecule has 0 aliphatic carbocycles. The van der Waals surface area contributed by atoms with Gasteiger partial charge in [0.05, 0.1) is 24.0 Å². The van der Waals surface area contributed by atoms with Crippen LogP contribution in [0.15, 0.2) is 67.0 Å². The molecule has 4 aromatic rings. The summed E-state index contributed by atoms with van der Waals surface area (Å²) in [4.78, 5) is 45.7. The second-order valence-corrected chi connectivity index (χ2v) is 11.4. The van der Waals surface area contributed by atoms with Crippen LogP contribution < -0.4 is 19.7 Å². The molecular weight excluding hydrogens is 542 g/mol. The number of anilines is 2. The number of likely N-dealkylation sites (N-methyl/N-ethyl adjacent to an activating group) is 1. The van der Waals surface area contributed by atoms with Gasteiger partial charge in [0.15, 0.2) is 0 Å². The predicted molar refractivity (Wildman–Crippen MR) is 157 cm³/mol. The molecule has 3 heterocycles. The van der Waals surface area contributed by atoms with Crippen molar-refractivity contribution in [3.05, 3.63) is 87.9 Å². The van der Waals surface area contributed by atoms with E-state index in [2.05, 4.69) is 10.3 Å². The fourth-order valence-corrected chi connectivity index (χ4v) is 5.56. The molecule has 0 spiro atoms. The van der Waals surface area contributed by atoms with Gasteiger partial charge in [0.2, 0.25) is 0 Å². The fraction of sp³-hybridized carbons (Fsp3) is 0.226. The fourth-order valence-electron chi connectivity index (χ4n) is 4.79. The largest absolute Gasteiger partial charge is 0.496 e. The Bertz CT molecular complexity index is 1650. The van der Waals surface area contributed by atoms with E-state index in [4.69, 9.17) is 14.2 Å². The van der Waals surface area contributed by atoms with Gasteiger partial charge < -0.3 is 24.4 Å². The third kappa shape index (κ3) is 5.51. The number of fused-ring (bicyclic) bond motifs is 1. The van der Waals surface area contributed by atoms with Gasteiger partial charge in [0.25, 0.3) is 5.91 Å². The van der Waals surface area contributed by atoms with Crippen molar-refractivity contribution >= 4 is 40.6 Å². The van der Waals surface area contributed by atoms with Crippen molar-refractivity contribution in [1.82, 2.24) is 4.98 Å². The Hall–Kier alpha value is -4.70. The summed E-state index contributed by atoms with van der Waals surface area (Å²) in [6.45, 7) is 5.47. The summed E-state index contributed by atoms with van der Waals surface area (Å²) < 4.78 is 17.0. The predicted octanol–water partition coefficient (Wildman–Crippen LogP) is 5.87. The van der Waals surface area contributed by atoms with Crippen molar-refractivity contribution < 1.29 is 28.6 Å². The van der Waals surface area contributed by atoms with E-state index in [1.807, 2.05) is 39.0 Å². The Labute approximate surface area is 241 Å². The number of nitrogens with one attached hydrogen (secondary N) is 1. The van der Waals surface area contributed by atoms with Gasteiger partial charge in [-0.1, -0.05) is 6.07 Å². The standard InChI is InChI=1S/C31H29N3O6S/c1-18-6-11-26(41-18)29(36)39-17-23-21(9-10-24-27(23)34(4)30(37)31(2,3)33-24)22-8-7-20(16-25(22)38-5)40-28(35)19-12-14-32-15-13-19/h6-16,33H,17H2,1-5H3. The molecule has 1 aliphatic heterocycles. The van der Waals surface area contributed by atoms with Crippen LogP contribution >= 0.6 is 11.3 Å². The van der Waals surface area contributed by atoms with Crippen LogP contribution in [0.4, 0.5) is 11.4 Å². The number of carbonyl (C=O) groups is 3. The molecule has 0 atom stereocenters. The zero-order valence-electron chi connectivity index (χ0n) is 23.3. The number of esters is 2. The summed E-state index contributed by atoms with van der Waals surface area (Å²) >= 11 is 1.36. The summed E-state index contributed by atoms with van der Waals surface area (Å²) in [5, 5.41) is 3.31. The summed E-state index contributed by atoms with van der Waals surface area (Å²) in [6, 6.07) is 15.6. The molecule has 210 valence electrons. The highest BCUT2D eigenvalue weighted by Gasteiger charge is 2.39. The maximum atomic E-state index is 13.2. The van der Waals surface area contributed by atoms with Crippen LogP contribution in [0.25, 0.3) is 11.1 Å². The Morgan fingerprint density at radius 3 is 2.41 bits per heavy atom. The average molecular weight is 572 g/mol. The Kier molecular flexibility index (Phi) is 7.51. The van der Waals surface area contributed by atoms with E-state index in [9.17, 15) is 14.4 Å². The molecule has 2 aromatic heterocycles. The first-order valence-electron chi connectivity index (χ1n) is 12.9. The number of benzene rings is 2. The van der Waals surface area contributed by atoms with Gasteiger partial charge in [0, 0.05) is 41.5 Å². The third-order valence-corrected chi connectivity index (χ3v) is 7.76. The maximum Gasteiger partial charge on any atom is 0.348 e. The minimum Gasteiger partial charge on any atom is -0.496 e. The molecule has 2 aromatic carbocycles. The quantitative estimate of drug-likeness (QED) is 0.217. The van der Waals surface area contributed by atoms with E-state index in [0.29, 0.717) is 44.3 Å². The van der Waals surface area contributed by atoms with Crippen molar-refractivity contribution in [3.8, 4) is 22.6 Å². The van der Waals surface area contributed by atoms with Crippen LogP contribution in [-0.2, 0) is 16.1 Å². The molecule has 41 heavy (non-hydrogen) atoms.